The standard InChI is InChI=1S/C18H26O11/c1-7-13(24-8(2)19)14-15(25-9(3)20)16(26-10(4)21)17(27-11(5)22)18(29-14)28-12(6)23/h13-18H,7H2,1-6H3/t13-,14+,15+,16-,17-,18?/m0/s1. The molecule has 1 saturated heterocycles. The minimum Gasteiger partial charge on any atom is -0.460 e. The Kier molecular flexibility index (Phi) is 9.02. The van der Waals surface area contributed by atoms with Crippen LogP contribution in [0.25, 0.3) is 0 Å². The topological polar surface area (TPSA) is 141 Å². The van der Waals surface area contributed by atoms with Crippen molar-refractivity contribution in [1.29, 1.82) is 0 Å². The van der Waals surface area contributed by atoms with Crippen molar-refractivity contribution in [2.75, 3.05) is 0 Å². The van der Waals surface area contributed by atoms with Gasteiger partial charge in [0.1, 0.15) is 12.2 Å². The Hall–Kier alpha value is -2.69. The molecule has 29 heavy (non-hydrogen) atoms. The molecule has 0 aromatic rings. The van der Waals surface area contributed by atoms with Crippen molar-refractivity contribution in [2.24, 2.45) is 0 Å². The Labute approximate surface area is 167 Å². The van der Waals surface area contributed by atoms with Crippen LogP contribution in [0.4, 0.5) is 0 Å². The molecule has 1 heterocycles. The third kappa shape index (κ3) is 7.33. The summed E-state index contributed by atoms with van der Waals surface area (Å²) in [6.07, 6.45) is -7.48. The highest BCUT2D eigenvalue weighted by molar-refractivity contribution is 5.69. The van der Waals surface area contributed by atoms with E-state index in [1.54, 1.807) is 6.92 Å². The first kappa shape index (κ1) is 24.3. The highest BCUT2D eigenvalue weighted by Gasteiger charge is 2.55. The number of hydrogen-bond donors (Lipinski definition) is 0. The molecular weight excluding hydrogens is 392 g/mol. The first-order valence-corrected chi connectivity index (χ1v) is 8.97. The fourth-order valence-corrected chi connectivity index (χ4v) is 2.96. The van der Waals surface area contributed by atoms with Gasteiger partial charge >= 0.3 is 29.8 Å². The van der Waals surface area contributed by atoms with E-state index in [0.717, 1.165) is 27.7 Å². The van der Waals surface area contributed by atoms with Gasteiger partial charge in [-0.05, 0) is 6.42 Å². The largest absolute Gasteiger partial charge is 0.460 e. The van der Waals surface area contributed by atoms with Crippen molar-refractivity contribution < 1.29 is 52.4 Å². The Balaban J connectivity index is 3.46. The molecule has 0 aromatic carbocycles. The SMILES string of the molecule is CC[C@H](OC(C)=O)[C@H]1OC(OC(C)=O)[C@@H](OC(C)=O)[C@@H](OC(C)=O)[C@@H]1OC(C)=O. The quantitative estimate of drug-likeness (QED) is 0.419. The Bertz CT molecular complexity index is 644. The van der Waals surface area contributed by atoms with Gasteiger partial charge in [-0.2, -0.15) is 0 Å². The van der Waals surface area contributed by atoms with Gasteiger partial charge in [0.2, 0.25) is 12.4 Å². The van der Waals surface area contributed by atoms with Crippen LogP contribution in [0.2, 0.25) is 0 Å². The third-order valence-electron chi connectivity index (χ3n) is 3.81. The van der Waals surface area contributed by atoms with Gasteiger partial charge in [0.25, 0.3) is 0 Å². The maximum absolute atomic E-state index is 11.7. The molecule has 0 bridgehead atoms. The molecule has 1 fully saturated rings. The zero-order chi connectivity index (χ0) is 22.3. The van der Waals surface area contributed by atoms with Gasteiger partial charge in [0.05, 0.1) is 0 Å². The van der Waals surface area contributed by atoms with Crippen molar-refractivity contribution in [3.63, 3.8) is 0 Å². The Morgan fingerprint density at radius 3 is 1.55 bits per heavy atom. The van der Waals surface area contributed by atoms with Crippen molar-refractivity contribution in [2.45, 2.75) is 84.8 Å². The second-order valence-electron chi connectivity index (χ2n) is 6.36. The number of esters is 5. The van der Waals surface area contributed by atoms with Crippen molar-refractivity contribution >= 4 is 29.8 Å². The third-order valence-corrected chi connectivity index (χ3v) is 3.81. The van der Waals surface area contributed by atoms with Crippen molar-refractivity contribution in [3.05, 3.63) is 0 Å². The smallest absolute Gasteiger partial charge is 0.305 e. The predicted octanol–water partition coefficient (Wildman–Crippen LogP) is 0.411. The fraction of sp³-hybridized carbons (Fsp3) is 0.722. The molecule has 0 spiro atoms. The lowest BCUT2D eigenvalue weighted by molar-refractivity contribution is -0.308. The second kappa shape index (κ2) is 10.7. The second-order valence-corrected chi connectivity index (χ2v) is 6.36. The van der Waals surface area contributed by atoms with E-state index < -0.39 is 66.7 Å². The molecule has 0 saturated carbocycles. The lowest BCUT2D eigenvalue weighted by Gasteiger charge is -2.45. The number of rotatable bonds is 7. The molecule has 6 atom stereocenters. The Morgan fingerprint density at radius 2 is 1.14 bits per heavy atom. The first-order valence-electron chi connectivity index (χ1n) is 8.97. The highest BCUT2D eigenvalue weighted by Crippen LogP contribution is 2.32. The predicted molar refractivity (Wildman–Crippen MR) is 92.9 cm³/mol. The fourth-order valence-electron chi connectivity index (χ4n) is 2.96. The van der Waals surface area contributed by atoms with Crippen LogP contribution in [0, 0.1) is 0 Å². The molecule has 1 unspecified atom stereocenters. The Morgan fingerprint density at radius 1 is 0.690 bits per heavy atom. The average molecular weight is 418 g/mol. The zero-order valence-electron chi connectivity index (χ0n) is 17.2. The van der Waals surface area contributed by atoms with Crippen LogP contribution >= 0.6 is 0 Å². The van der Waals surface area contributed by atoms with Crippen molar-refractivity contribution in [3.8, 4) is 0 Å². The number of hydrogen-bond acceptors (Lipinski definition) is 11. The van der Waals surface area contributed by atoms with Gasteiger partial charge in [0, 0.05) is 34.6 Å². The van der Waals surface area contributed by atoms with E-state index in [4.69, 9.17) is 28.4 Å². The average Bonchev–Trinajstić information content (AvgIpc) is 2.56. The molecule has 1 rings (SSSR count). The lowest BCUT2D eigenvalue weighted by Crippen LogP contribution is -2.64. The molecule has 0 amide bonds. The molecule has 1 aliphatic heterocycles. The molecule has 11 nitrogen and oxygen atoms in total. The lowest BCUT2D eigenvalue weighted by atomic mass is 9.93. The van der Waals surface area contributed by atoms with E-state index in [0.29, 0.717) is 0 Å². The van der Waals surface area contributed by atoms with Crippen LogP contribution in [0.3, 0.4) is 0 Å². The van der Waals surface area contributed by atoms with Crippen molar-refractivity contribution in [1.82, 2.24) is 0 Å². The molecule has 0 radical (unpaired) electrons. The minimum absolute atomic E-state index is 0.236. The maximum atomic E-state index is 11.7. The molecule has 164 valence electrons. The van der Waals surface area contributed by atoms with Crippen LogP contribution in [-0.4, -0.2) is 66.7 Å². The monoisotopic (exact) mass is 418 g/mol. The summed E-state index contributed by atoms with van der Waals surface area (Å²) in [6.45, 7) is 7.28. The van der Waals surface area contributed by atoms with E-state index in [-0.39, 0.29) is 6.42 Å². The maximum Gasteiger partial charge on any atom is 0.305 e. The summed E-state index contributed by atoms with van der Waals surface area (Å²) in [5, 5.41) is 0. The summed E-state index contributed by atoms with van der Waals surface area (Å²) in [5.41, 5.74) is 0. The molecular formula is C18H26O11. The summed E-state index contributed by atoms with van der Waals surface area (Å²) in [6, 6.07) is 0. The van der Waals surface area contributed by atoms with E-state index in [1.165, 1.54) is 6.92 Å². The summed E-state index contributed by atoms with van der Waals surface area (Å²) in [7, 11) is 0. The summed E-state index contributed by atoms with van der Waals surface area (Å²) in [4.78, 5) is 58.0. The molecule has 0 N–H and O–H groups in total. The van der Waals surface area contributed by atoms with Crippen LogP contribution in [0.15, 0.2) is 0 Å². The summed E-state index contributed by atoms with van der Waals surface area (Å²) < 4.78 is 31.7. The normalized spacial score (nSPS) is 27.2. The first-order chi connectivity index (χ1) is 13.5. The summed E-state index contributed by atoms with van der Waals surface area (Å²) in [5.74, 6) is -3.69. The van der Waals surface area contributed by atoms with Gasteiger partial charge < -0.3 is 28.4 Å². The van der Waals surface area contributed by atoms with Crippen LogP contribution in [0.5, 0.6) is 0 Å². The van der Waals surface area contributed by atoms with E-state index in [1.807, 2.05) is 0 Å². The zero-order valence-corrected chi connectivity index (χ0v) is 17.2. The number of ether oxygens (including phenoxy) is 6. The molecule has 11 heteroatoms. The number of carbonyl (C=O) groups is 5. The van der Waals surface area contributed by atoms with Crippen LogP contribution in [0.1, 0.15) is 48.0 Å². The van der Waals surface area contributed by atoms with Gasteiger partial charge in [-0.1, -0.05) is 6.92 Å². The summed E-state index contributed by atoms with van der Waals surface area (Å²) >= 11 is 0. The van der Waals surface area contributed by atoms with Gasteiger partial charge in [-0.15, -0.1) is 0 Å². The molecule has 0 aromatic heterocycles. The van der Waals surface area contributed by atoms with Crippen LogP contribution in [-0.2, 0) is 52.4 Å². The minimum atomic E-state index is -1.50. The molecule has 1 aliphatic rings. The van der Waals surface area contributed by atoms with E-state index >= 15 is 0 Å². The highest BCUT2D eigenvalue weighted by atomic mass is 16.7. The van der Waals surface area contributed by atoms with Crippen LogP contribution < -0.4 is 0 Å². The van der Waals surface area contributed by atoms with E-state index in [2.05, 4.69) is 0 Å². The van der Waals surface area contributed by atoms with E-state index in [9.17, 15) is 24.0 Å². The molecule has 0 aliphatic carbocycles. The van der Waals surface area contributed by atoms with Gasteiger partial charge in [-0.25, -0.2) is 0 Å². The van der Waals surface area contributed by atoms with Gasteiger partial charge in [0.15, 0.2) is 12.2 Å². The van der Waals surface area contributed by atoms with Gasteiger partial charge in [-0.3, -0.25) is 24.0 Å². The number of carbonyl (C=O) groups excluding carboxylic acids is 5.